The molecule has 0 saturated carbocycles. The smallest absolute Gasteiger partial charge is 0.252 e. The van der Waals surface area contributed by atoms with Crippen molar-refractivity contribution in [2.45, 2.75) is 39.3 Å². The Morgan fingerprint density at radius 1 is 1.24 bits per heavy atom. The Morgan fingerprint density at radius 3 is 2.53 bits per heavy atom. The van der Waals surface area contributed by atoms with E-state index in [9.17, 15) is 0 Å². The lowest BCUT2D eigenvalue weighted by Gasteiger charge is -2.11. The zero-order valence-corrected chi connectivity index (χ0v) is 10.7. The Balaban J connectivity index is 2.21. The Hall–Kier alpha value is -0.980. The molecule has 1 heterocycles. The minimum atomic E-state index is -0.591. The summed E-state index contributed by atoms with van der Waals surface area (Å²) in [5.74, 6) is 0.923. The summed E-state index contributed by atoms with van der Waals surface area (Å²) >= 11 is 0. The van der Waals surface area contributed by atoms with Crippen molar-refractivity contribution in [2.75, 3.05) is 19.8 Å². The van der Waals surface area contributed by atoms with Crippen LogP contribution < -0.4 is 5.73 Å². The van der Waals surface area contributed by atoms with Crippen LogP contribution in [0.1, 0.15) is 38.9 Å². The van der Waals surface area contributed by atoms with Crippen LogP contribution in [0.15, 0.2) is 4.52 Å². The monoisotopic (exact) mass is 243 g/mol. The molecule has 2 N–H and O–H groups in total. The maximum Gasteiger partial charge on any atom is 0.252 e. The average Bonchev–Trinajstić information content (AvgIpc) is 2.71. The molecule has 1 aromatic rings. The Bertz CT molecular complexity index is 320. The second-order valence-corrected chi connectivity index (χ2v) is 4.40. The summed E-state index contributed by atoms with van der Waals surface area (Å²) in [6.45, 7) is 7.85. The van der Waals surface area contributed by atoms with Gasteiger partial charge >= 0.3 is 0 Å². The molecule has 0 unspecified atom stereocenters. The first kappa shape index (κ1) is 14.1. The van der Waals surface area contributed by atoms with Crippen molar-refractivity contribution in [3.63, 3.8) is 0 Å². The average molecular weight is 243 g/mol. The Kier molecular flexibility index (Phi) is 5.54. The van der Waals surface area contributed by atoms with Crippen LogP contribution in [0.4, 0.5) is 0 Å². The first-order chi connectivity index (χ1) is 8.04. The molecular formula is C11H21N3O3. The highest BCUT2D eigenvalue weighted by atomic mass is 16.5. The van der Waals surface area contributed by atoms with E-state index in [1.54, 1.807) is 0 Å². The molecule has 98 valence electrons. The summed E-state index contributed by atoms with van der Waals surface area (Å²) in [5.41, 5.74) is 5.24. The Morgan fingerprint density at radius 2 is 1.94 bits per heavy atom. The van der Waals surface area contributed by atoms with E-state index in [-0.39, 0.29) is 0 Å². The van der Waals surface area contributed by atoms with Gasteiger partial charge in [-0.3, -0.25) is 0 Å². The number of hydrogen-bond donors (Lipinski definition) is 1. The number of rotatable bonds is 8. The molecule has 0 aliphatic rings. The molecule has 0 amide bonds. The van der Waals surface area contributed by atoms with Gasteiger partial charge in [0.05, 0.1) is 18.8 Å². The number of nitrogens with zero attached hydrogens (tertiary/aromatic N) is 2. The molecule has 0 spiro atoms. The maximum atomic E-state index is 5.83. The highest BCUT2D eigenvalue weighted by Gasteiger charge is 2.21. The third kappa shape index (κ3) is 5.25. The molecule has 0 aliphatic carbocycles. The minimum Gasteiger partial charge on any atom is -0.379 e. The van der Waals surface area contributed by atoms with Gasteiger partial charge in [-0.2, -0.15) is 4.98 Å². The first-order valence-corrected chi connectivity index (χ1v) is 5.81. The van der Waals surface area contributed by atoms with Crippen LogP contribution in [-0.2, 0) is 21.6 Å². The minimum absolute atomic E-state index is 0.290. The highest BCUT2D eigenvalue weighted by Crippen LogP contribution is 2.12. The standard InChI is InChI=1S/C11H21N3O3/c1-4-5-15-6-7-16-8-9-13-10(14-17-9)11(2,3)12/h4-8,12H2,1-3H3. The van der Waals surface area contributed by atoms with Crippen LogP contribution in [-0.4, -0.2) is 30.0 Å². The predicted octanol–water partition coefficient (Wildman–Crippen LogP) is 1.21. The van der Waals surface area contributed by atoms with E-state index in [2.05, 4.69) is 17.1 Å². The zero-order chi connectivity index (χ0) is 12.7. The topological polar surface area (TPSA) is 83.4 Å². The Labute approximate surface area is 101 Å². The van der Waals surface area contributed by atoms with E-state index >= 15 is 0 Å². The van der Waals surface area contributed by atoms with E-state index in [4.69, 9.17) is 19.7 Å². The van der Waals surface area contributed by atoms with Gasteiger partial charge in [0.2, 0.25) is 0 Å². The molecule has 0 saturated heterocycles. The second-order valence-electron chi connectivity index (χ2n) is 4.40. The molecule has 0 aliphatic heterocycles. The van der Waals surface area contributed by atoms with Crippen molar-refractivity contribution in [3.05, 3.63) is 11.7 Å². The van der Waals surface area contributed by atoms with Crippen LogP contribution in [0.2, 0.25) is 0 Å². The molecular weight excluding hydrogens is 222 g/mol. The van der Waals surface area contributed by atoms with E-state index < -0.39 is 5.54 Å². The molecule has 6 heteroatoms. The van der Waals surface area contributed by atoms with Crippen LogP contribution in [0.5, 0.6) is 0 Å². The molecule has 0 atom stereocenters. The van der Waals surface area contributed by atoms with Crippen molar-refractivity contribution in [1.29, 1.82) is 0 Å². The molecule has 0 fully saturated rings. The van der Waals surface area contributed by atoms with E-state index in [0.717, 1.165) is 13.0 Å². The van der Waals surface area contributed by atoms with Gasteiger partial charge in [-0.25, -0.2) is 0 Å². The number of ether oxygens (including phenoxy) is 2. The van der Waals surface area contributed by atoms with E-state index in [1.165, 1.54) is 0 Å². The van der Waals surface area contributed by atoms with Crippen LogP contribution in [0, 0.1) is 0 Å². The third-order valence-electron chi connectivity index (χ3n) is 1.99. The molecule has 0 aromatic carbocycles. The fourth-order valence-corrected chi connectivity index (χ4v) is 1.10. The molecule has 0 radical (unpaired) electrons. The molecule has 1 aromatic heterocycles. The number of hydrogen-bond acceptors (Lipinski definition) is 6. The quantitative estimate of drug-likeness (QED) is 0.691. The van der Waals surface area contributed by atoms with Gasteiger partial charge < -0.3 is 19.7 Å². The van der Waals surface area contributed by atoms with Crippen molar-refractivity contribution >= 4 is 0 Å². The van der Waals surface area contributed by atoms with E-state index in [1.807, 2.05) is 13.8 Å². The van der Waals surface area contributed by atoms with Crippen molar-refractivity contribution in [3.8, 4) is 0 Å². The second kappa shape index (κ2) is 6.68. The van der Waals surface area contributed by atoms with Crippen LogP contribution in [0.25, 0.3) is 0 Å². The predicted molar refractivity (Wildman–Crippen MR) is 62.3 cm³/mol. The van der Waals surface area contributed by atoms with E-state index in [0.29, 0.717) is 31.5 Å². The summed E-state index contributed by atoms with van der Waals surface area (Å²) < 4.78 is 15.6. The summed E-state index contributed by atoms with van der Waals surface area (Å²) in [5, 5.41) is 3.79. The maximum absolute atomic E-state index is 5.83. The van der Waals surface area contributed by atoms with Crippen LogP contribution >= 0.6 is 0 Å². The van der Waals surface area contributed by atoms with Gasteiger partial charge in [-0.15, -0.1) is 0 Å². The highest BCUT2D eigenvalue weighted by molar-refractivity contribution is 4.98. The lowest BCUT2D eigenvalue weighted by Crippen LogP contribution is -2.30. The van der Waals surface area contributed by atoms with Crippen LogP contribution in [0.3, 0.4) is 0 Å². The van der Waals surface area contributed by atoms with Gasteiger partial charge in [-0.05, 0) is 20.3 Å². The normalized spacial score (nSPS) is 12.0. The van der Waals surface area contributed by atoms with Gasteiger partial charge in [-0.1, -0.05) is 12.1 Å². The fourth-order valence-electron chi connectivity index (χ4n) is 1.10. The van der Waals surface area contributed by atoms with Gasteiger partial charge in [0.15, 0.2) is 5.82 Å². The molecule has 17 heavy (non-hydrogen) atoms. The number of aromatic nitrogens is 2. The molecule has 1 rings (SSSR count). The number of nitrogens with two attached hydrogens (primary N) is 1. The zero-order valence-electron chi connectivity index (χ0n) is 10.7. The summed E-state index contributed by atoms with van der Waals surface area (Å²) in [6.07, 6.45) is 1.01. The van der Waals surface area contributed by atoms with Gasteiger partial charge in [0.1, 0.15) is 6.61 Å². The first-order valence-electron chi connectivity index (χ1n) is 5.81. The van der Waals surface area contributed by atoms with Crippen molar-refractivity contribution < 1.29 is 14.0 Å². The van der Waals surface area contributed by atoms with Gasteiger partial charge in [0.25, 0.3) is 5.89 Å². The molecule has 6 nitrogen and oxygen atoms in total. The summed E-state index contributed by atoms with van der Waals surface area (Å²) in [7, 11) is 0. The van der Waals surface area contributed by atoms with Crippen molar-refractivity contribution in [2.24, 2.45) is 5.73 Å². The summed E-state index contributed by atoms with van der Waals surface area (Å²) in [4.78, 5) is 4.15. The largest absolute Gasteiger partial charge is 0.379 e. The van der Waals surface area contributed by atoms with Crippen molar-refractivity contribution in [1.82, 2.24) is 10.1 Å². The SMILES string of the molecule is CCCOCCOCc1nc(C(C)(C)N)no1. The van der Waals surface area contributed by atoms with Gasteiger partial charge in [0, 0.05) is 6.61 Å². The lowest BCUT2D eigenvalue weighted by atomic mass is 10.1. The molecule has 0 bridgehead atoms. The third-order valence-corrected chi connectivity index (χ3v) is 1.99. The lowest BCUT2D eigenvalue weighted by molar-refractivity contribution is 0.0317. The summed E-state index contributed by atoms with van der Waals surface area (Å²) in [6, 6.07) is 0. The fraction of sp³-hybridized carbons (Fsp3) is 0.818.